The second kappa shape index (κ2) is 6.15. The van der Waals surface area contributed by atoms with Crippen LogP contribution in [0.2, 0.25) is 0 Å². The number of carbonyl (C=O) groups excluding carboxylic acids is 1. The van der Waals surface area contributed by atoms with Crippen LogP contribution in [0.25, 0.3) is 0 Å². The average Bonchev–Trinajstić information content (AvgIpc) is 2.58. The van der Waals surface area contributed by atoms with E-state index < -0.39 is 0 Å². The molecule has 2 atom stereocenters. The number of H-pyrrole nitrogens is 1. The first-order chi connectivity index (χ1) is 11.4. The number of pyridine rings is 1. The molecule has 2 aromatic rings. The van der Waals surface area contributed by atoms with Crippen molar-refractivity contribution >= 4 is 5.91 Å². The first kappa shape index (κ1) is 16.3. The third-order valence-corrected chi connectivity index (χ3v) is 4.96. The molecule has 1 aliphatic rings. The topological polar surface area (TPSA) is 62.4 Å². The second-order valence-electron chi connectivity index (χ2n) is 6.85. The van der Waals surface area contributed by atoms with Crippen LogP contribution in [0.4, 0.5) is 0 Å². The van der Waals surface area contributed by atoms with Crippen molar-refractivity contribution in [2.24, 2.45) is 5.41 Å². The van der Waals surface area contributed by atoms with Crippen molar-refractivity contribution in [3.63, 3.8) is 0 Å². The Labute approximate surface area is 141 Å². The molecule has 1 N–H and O–H groups in total. The van der Waals surface area contributed by atoms with Crippen LogP contribution in [0.1, 0.15) is 30.6 Å². The molecular weight excluding hydrogens is 304 g/mol. The van der Waals surface area contributed by atoms with Crippen LogP contribution < -0.4 is 10.3 Å². The van der Waals surface area contributed by atoms with Crippen LogP contribution >= 0.6 is 0 Å². The van der Waals surface area contributed by atoms with Gasteiger partial charge < -0.3 is 14.6 Å². The van der Waals surface area contributed by atoms with Crippen molar-refractivity contribution in [1.82, 2.24) is 9.88 Å². The van der Waals surface area contributed by atoms with Crippen molar-refractivity contribution in [1.29, 1.82) is 0 Å². The third kappa shape index (κ3) is 2.94. The molecule has 24 heavy (non-hydrogen) atoms. The number of nitrogens with zero attached hydrogens (tertiary/aromatic N) is 1. The fraction of sp³-hybridized carbons (Fsp3) is 0.368. The van der Waals surface area contributed by atoms with Gasteiger partial charge in [0, 0.05) is 42.8 Å². The predicted molar refractivity (Wildman–Crippen MR) is 92.2 cm³/mol. The molecule has 0 unspecified atom stereocenters. The molecule has 1 aromatic carbocycles. The number of benzene rings is 1. The number of nitrogens with one attached hydrogen (secondary N) is 1. The molecule has 5 nitrogen and oxygen atoms in total. The molecule has 1 saturated carbocycles. The molecule has 1 aromatic heterocycles. The Bertz CT molecular complexity index is 782. The normalized spacial score (nSPS) is 21.6. The molecule has 1 heterocycles. The van der Waals surface area contributed by atoms with Gasteiger partial charge >= 0.3 is 0 Å². The summed E-state index contributed by atoms with van der Waals surface area (Å²) in [5.41, 5.74) is -0.0292. The lowest BCUT2D eigenvalue weighted by Gasteiger charge is -2.54. The van der Waals surface area contributed by atoms with E-state index in [2.05, 4.69) is 18.8 Å². The van der Waals surface area contributed by atoms with Crippen LogP contribution in [0.15, 0.2) is 53.5 Å². The minimum absolute atomic E-state index is 0.0549. The number of aromatic nitrogens is 1. The minimum Gasteiger partial charge on any atom is -0.490 e. The quantitative estimate of drug-likeness (QED) is 0.939. The van der Waals surface area contributed by atoms with E-state index in [4.69, 9.17) is 4.74 Å². The molecule has 0 bridgehead atoms. The zero-order valence-electron chi connectivity index (χ0n) is 14.2. The van der Waals surface area contributed by atoms with Gasteiger partial charge in [0.1, 0.15) is 11.9 Å². The number of rotatable bonds is 4. The number of carbonyl (C=O) groups is 1. The summed E-state index contributed by atoms with van der Waals surface area (Å²) < 4.78 is 6.06. The molecular formula is C19H22N2O3. The maximum absolute atomic E-state index is 12.6. The number of aromatic amines is 1. The highest BCUT2D eigenvalue weighted by Gasteiger charge is 2.52. The summed E-state index contributed by atoms with van der Waals surface area (Å²) >= 11 is 0. The van der Waals surface area contributed by atoms with Gasteiger partial charge in [-0.3, -0.25) is 9.59 Å². The van der Waals surface area contributed by atoms with E-state index in [0.717, 1.165) is 12.2 Å². The van der Waals surface area contributed by atoms with Crippen molar-refractivity contribution in [2.45, 2.75) is 32.4 Å². The van der Waals surface area contributed by atoms with Gasteiger partial charge in [0.25, 0.3) is 5.91 Å². The molecule has 1 fully saturated rings. The fourth-order valence-corrected chi connectivity index (χ4v) is 3.31. The van der Waals surface area contributed by atoms with Crippen molar-refractivity contribution in [3.05, 3.63) is 64.6 Å². The predicted octanol–water partition coefficient (Wildman–Crippen LogP) is 2.69. The highest BCUT2D eigenvalue weighted by molar-refractivity contribution is 5.94. The average molecular weight is 326 g/mol. The summed E-state index contributed by atoms with van der Waals surface area (Å²) in [6.45, 7) is 4.21. The van der Waals surface area contributed by atoms with E-state index in [9.17, 15) is 9.59 Å². The maximum atomic E-state index is 12.6. The molecule has 0 aliphatic heterocycles. The number of amides is 1. The van der Waals surface area contributed by atoms with E-state index in [-0.39, 0.29) is 29.0 Å². The molecule has 126 valence electrons. The summed E-state index contributed by atoms with van der Waals surface area (Å²) in [5, 5.41) is 0. The lowest BCUT2D eigenvalue weighted by molar-refractivity contribution is -0.0886. The van der Waals surface area contributed by atoms with Crippen molar-refractivity contribution in [3.8, 4) is 5.75 Å². The van der Waals surface area contributed by atoms with Crippen LogP contribution in [-0.2, 0) is 0 Å². The standard InChI is InChI=1S/C19H22N2O3/c1-19(2)15(12-16(19)24-14-7-5-4-6-8-14)21(3)18(23)13-9-10-20-17(22)11-13/h4-11,15-16H,12H2,1-3H3,(H,20,22)/t15-,16+/m0/s1. The fourth-order valence-electron chi connectivity index (χ4n) is 3.31. The molecule has 0 saturated heterocycles. The molecule has 1 amide bonds. The Kier molecular flexibility index (Phi) is 4.18. The Balaban J connectivity index is 1.70. The van der Waals surface area contributed by atoms with E-state index >= 15 is 0 Å². The van der Waals surface area contributed by atoms with Gasteiger partial charge in [0.15, 0.2) is 0 Å². The lowest BCUT2D eigenvalue weighted by atomic mass is 9.63. The first-order valence-electron chi connectivity index (χ1n) is 8.07. The summed E-state index contributed by atoms with van der Waals surface area (Å²) in [5.74, 6) is 0.704. The van der Waals surface area contributed by atoms with Gasteiger partial charge in [-0.05, 0) is 18.2 Å². The highest BCUT2D eigenvalue weighted by Crippen LogP contribution is 2.45. The van der Waals surface area contributed by atoms with Crippen LogP contribution in [-0.4, -0.2) is 35.0 Å². The third-order valence-electron chi connectivity index (χ3n) is 4.96. The Morgan fingerprint density at radius 2 is 1.96 bits per heavy atom. The van der Waals surface area contributed by atoms with Crippen LogP contribution in [0.3, 0.4) is 0 Å². The maximum Gasteiger partial charge on any atom is 0.254 e. The largest absolute Gasteiger partial charge is 0.490 e. The monoisotopic (exact) mass is 326 g/mol. The van der Waals surface area contributed by atoms with Gasteiger partial charge in [-0.25, -0.2) is 0 Å². The summed E-state index contributed by atoms with van der Waals surface area (Å²) in [7, 11) is 1.79. The highest BCUT2D eigenvalue weighted by atomic mass is 16.5. The van der Waals surface area contributed by atoms with Crippen LogP contribution in [0.5, 0.6) is 5.75 Å². The number of para-hydroxylation sites is 1. The Hall–Kier alpha value is -2.56. The Morgan fingerprint density at radius 1 is 1.25 bits per heavy atom. The molecule has 0 spiro atoms. The number of ether oxygens (including phenoxy) is 1. The van der Waals surface area contributed by atoms with Gasteiger partial charge in [0.2, 0.25) is 5.56 Å². The van der Waals surface area contributed by atoms with Gasteiger partial charge in [-0.15, -0.1) is 0 Å². The van der Waals surface area contributed by atoms with Crippen LogP contribution in [0, 0.1) is 5.41 Å². The van der Waals surface area contributed by atoms with E-state index in [1.165, 1.54) is 12.3 Å². The van der Waals surface area contributed by atoms with Gasteiger partial charge in [-0.1, -0.05) is 32.0 Å². The van der Waals surface area contributed by atoms with E-state index in [0.29, 0.717) is 5.56 Å². The molecule has 3 rings (SSSR count). The summed E-state index contributed by atoms with van der Waals surface area (Å²) in [6, 6.07) is 12.8. The number of hydrogen-bond acceptors (Lipinski definition) is 3. The number of hydrogen-bond donors (Lipinski definition) is 1. The molecule has 0 radical (unpaired) electrons. The zero-order chi connectivity index (χ0) is 17.3. The molecule has 1 aliphatic carbocycles. The van der Waals surface area contributed by atoms with E-state index in [1.807, 2.05) is 30.3 Å². The van der Waals surface area contributed by atoms with E-state index in [1.54, 1.807) is 18.0 Å². The smallest absolute Gasteiger partial charge is 0.254 e. The second-order valence-corrected chi connectivity index (χ2v) is 6.85. The minimum atomic E-state index is -0.271. The van der Waals surface area contributed by atoms with Crippen molar-refractivity contribution in [2.75, 3.05) is 7.05 Å². The van der Waals surface area contributed by atoms with Crippen molar-refractivity contribution < 1.29 is 9.53 Å². The Morgan fingerprint density at radius 3 is 2.58 bits per heavy atom. The SMILES string of the molecule is CN(C(=O)c1cc[nH]c(=O)c1)[C@H]1C[C@@H](Oc2ccccc2)C1(C)C. The lowest BCUT2D eigenvalue weighted by Crippen LogP contribution is -2.63. The summed E-state index contributed by atoms with van der Waals surface area (Å²) in [6.07, 6.45) is 2.32. The van der Waals surface area contributed by atoms with Gasteiger partial charge in [-0.2, -0.15) is 0 Å². The molecule has 5 heteroatoms. The van der Waals surface area contributed by atoms with Gasteiger partial charge in [0.05, 0.1) is 0 Å². The summed E-state index contributed by atoms with van der Waals surface area (Å²) in [4.78, 5) is 28.3. The first-order valence-corrected chi connectivity index (χ1v) is 8.07. The zero-order valence-corrected chi connectivity index (χ0v) is 14.2.